The van der Waals surface area contributed by atoms with E-state index in [1.807, 2.05) is 38.0 Å². The summed E-state index contributed by atoms with van der Waals surface area (Å²) in [4.78, 5) is 33.4. The lowest BCUT2D eigenvalue weighted by molar-refractivity contribution is -0.384. The molecule has 34 heavy (non-hydrogen) atoms. The molecule has 0 bridgehead atoms. The molecule has 178 valence electrons. The SMILES string of the molecule is CCCN=c1nc(N(C)C)nc2sc3c(c(-c4ccc([N+](=O)[O-])cc4)c1-2)C(Cl)N=C(N(C)C)N3. The fraction of sp³-hybridized carbons (Fsp3) is 0.364. The molecule has 0 saturated carbocycles. The van der Waals surface area contributed by atoms with Crippen molar-refractivity contribution in [2.24, 2.45) is 9.98 Å². The van der Waals surface area contributed by atoms with Gasteiger partial charge in [-0.2, -0.15) is 4.98 Å². The third-order valence-corrected chi connectivity index (χ3v) is 6.51. The first-order chi connectivity index (χ1) is 16.2. The molecule has 10 nitrogen and oxygen atoms in total. The molecule has 0 fully saturated rings. The zero-order valence-electron chi connectivity index (χ0n) is 19.5. The highest BCUT2D eigenvalue weighted by atomic mass is 35.5. The fourth-order valence-corrected chi connectivity index (χ4v) is 5.00. The van der Waals surface area contributed by atoms with Crippen LogP contribution in [0, 0.1) is 10.1 Å². The summed E-state index contributed by atoms with van der Waals surface area (Å²) in [6.45, 7) is 2.66. The van der Waals surface area contributed by atoms with Crippen molar-refractivity contribution in [1.82, 2.24) is 14.9 Å². The number of guanidine groups is 1. The molecule has 4 rings (SSSR count). The maximum Gasteiger partial charge on any atom is 0.269 e. The molecule has 3 heterocycles. The number of alkyl halides is 1. The van der Waals surface area contributed by atoms with Gasteiger partial charge < -0.3 is 15.1 Å². The monoisotopic (exact) mass is 500 g/mol. The predicted octanol–water partition coefficient (Wildman–Crippen LogP) is 4.18. The minimum Gasteiger partial charge on any atom is -0.349 e. The second-order valence-electron chi connectivity index (χ2n) is 8.14. The minimum atomic E-state index is -0.674. The van der Waals surface area contributed by atoms with Gasteiger partial charge in [-0.1, -0.05) is 29.9 Å². The molecule has 1 aromatic rings. The Labute approximate surface area is 206 Å². The Morgan fingerprint density at radius 2 is 1.85 bits per heavy atom. The maximum absolute atomic E-state index is 11.2. The van der Waals surface area contributed by atoms with Crippen LogP contribution in [0.2, 0.25) is 0 Å². The van der Waals surface area contributed by atoms with Crippen molar-refractivity contribution in [2.45, 2.75) is 18.8 Å². The van der Waals surface area contributed by atoms with Gasteiger partial charge in [0, 0.05) is 58.0 Å². The number of fused-ring (bicyclic) bond motifs is 2. The Morgan fingerprint density at radius 3 is 2.44 bits per heavy atom. The molecule has 12 heteroatoms. The summed E-state index contributed by atoms with van der Waals surface area (Å²) in [6, 6.07) is 6.40. The molecular formula is C22H25ClN8O2S. The van der Waals surface area contributed by atoms with Gasteiger partial charge in [-0.15, -0.1) is 0 Å². The van der Waals surface area contributed by atoms with Crippen molar-refractivity contribution >= 4 is 45.5 Å². The number of rotatable bonds is 5. The molecule has 3 aliphatic rings. The Bertz CT molecular complexity index is 1300. The van der Waals surface area contributed by atoms with Crippen LogP contribution >= 0.6 is 22.9 Å². The normalized spacial score (nSPS) is 15.5. The van der Waals surface area contributed by atoms with Crippen LogP contribution in [0.15, 0.2) is 34.3 Å². The molecule has 0 aliphatic carbocycles. The number of nitro groups is 1. The van der Waals surface area contributed by atoms with E-state index in [0.717, 1.165) is 38.7 Å². The highest BCUT2D eigenvalue weighted by Crippen LogP contribution is 2.48. The summed E-state index contributed by atoms with van der Waals surface area (Å²) < 4.78 is 0. The number of anilines is 2. The van der Waals surface area contributed by atoms with Gasteiger partial charge in [0.1, 0.15) is 10.0 Å². The van der Waals surface area contributed by atoms with Crippen LogP contribution < -0.4 is 15.7 Å². The van der Waals surface area contributed by atoms with Crippen molar-refractivity contribution in [3.63, 3.8) is 0 Å². The number of halogens is 1. The van der Waals surface area contributed by atoms with Crippen LogP contribution in [0.4, 0.5) is 16.6 Å². The van der Waals surface area contributed by atoms with Crippen molar-refractivity contribution in [3.05, 3.63) is 45.4 Å². The molecule has 0 spiro atoms. The van der Waals surface area contributed by atoms with E-state index in [1.165, 1.54) is 23.5 Å². The Morgan fingerprint density at radius 1 is 1.15 bits per heavy atom. The summed E-state index contributed by atoms with van der Waals surface area (Å²) in [7, 11) is 7.54. The van der Waals surface area contributed by atoms with Crippen molar-refractivity contribution in [3.8, 4) is 21.7 Å². The first-order valence-corrected chi connectivity index (χ1v) is 11.9. The summed E-state index contributed by atoms with van der Waals surface area (Å²) in [5.41, 5.74) is 2.95. The molecule has 1 unspecified atom stereocenters. The zero-order chi connectivity index (χ0) is 24.6. The number of nitrogens with zero attached hydrogens (tertiary/aromatic N) is 7. The largest absolute Gasteiger partial charge is 0.349 e. The van der Waals surface area contributed by atoms with Crippen LogP contribution in [0.5, 0.6) is 0 Å². The van der Waals surface area contributed by atoms with Crippen LogP contribution in [0.25, 0.3) is 21.7 Å². The standard InChI is InChI=1S/C22H25ClN8O2S/c1-6-11-24-18-16-14(12-7-9-13(10-8-12)31(32)33)15-17(23)25-21(29(2)3)27-19(15)34-20(16)28-22(26-18)30(4)5/h7-10,17H,6,11H2,1-5H3,(H,25,27). The lowest BCUT2D eigenvalue weighted by Gasteiger charge is -2.29. The van der Waals surface area contributed by atoms with Crippen molar-refractivity contribution < 1.29 is 4.92 Å². The molecule has 0 aromatic heterocycles. The van der Waals surface area contributed by atoms with E-state index in [2.05, 4.69) is 17.2 Å². The van der Waals surface area contributed by atoms with Crippen LogP contribution in [-0.4, -0.2) is 60.5 Å². The summed E-state index contributed by atoms with van der Waals surface area (Å²) in [5, 5.41) is 16.1. The maximum atomic E-state index is 11.2. The predicted molar refractivity (Wildman–Crippen MR) is 137 cm³/mol. The van der Waals surface area contributed by atoms with Crippen LogP contribution in [0.3, 0.4) is 0 Å². The second kappa shape index (κ2) is 9.51. The highest BCUT2D eigenvalue weighted by molar-refractivity contribution is 7.19. The van der Waals surface area contributed by atoms with E-state index >= 15 is 0 Å². The van der Waals surface area contributed by atoms with Gasteiger partial charge in [-0.05, 0) is 24.1 Å². The van der Waals surface area contributed by atoms with E-state index in [9.17, 15) is 10.1 Å². The number of non-ortho nitro benzene ring substituents is 1. The molecule has 0 radical (unpaired) electrons. The van der Waals surface area contributed by atoms with E-state index < -0.39 is 10.4 Å². The van der Waals surface area contributed by atoms with Crippen molar-refractivity contribution in [1.29, 1.82) is 0 Å². The minimum absolute atomic E-state index is 0.0103. The van der Waals surface area contributed by atoms with Crippen LogP contribution in [0.1, 0.15) is 24.4 Å². The Kier molecular flexibility index (Phi) is 6.67. The van der Waals surface area contributed by atoms with Gasteiger partial charge in [0.2, 0.25) is 5.95 Å². The first kappa shape index (κ1) is 23.8. The van der Waals surface area contributed by atoms with E-state index in [-0.39, 0.29) is 5.69 Å². The highest BCUT2D eigenvalue weighted by Gasteiger charge is 2.31. The Hall–Kier alpha value is -3.31. The quantitative estimate of drug-likeness (QED) is 0.242. The average molecular weight is 501 g/mol. The smallest absolute Gasteiger partial charge is 0.269 e. The van der Waals surface area contributed by atoms with Gasteiger partial charge in [-0.25, -0.2) is 9.98 Å². The third kappa shape index (κ3) is 4.40. The average Bonchev–Trinajstić information content (AvgIpc) is 2.80. The van der Waals surface area contributed by atoms with Crippen molar-refractivity contribution in [2.75, 3.05) is 45.0 Å². The summed E-state index contributed by atoms with van der Waals surface area (Å²) in [6.07, 6.45) is 0.861. The van der Waals surface area contributed by atoms with Gasteiger partial charge in [-0.3, -0.25) is 15.1 Å². The fourth-order valence-electron chi connectivity index (χ4n) is 3.55. The lowest BCUT2D eigenvalue weighted by atomic mass is 9.96. The van der Waals surface area contributed by atoms with E-state index in [4.69, 9.17) is 26.6 Å². The number of hydrogen-bond acceptors (Lipinski definition) is 10. The molecule has 3 aliphatic heterocycles. The van der Waals surface area contributed by atoms with E-state index in [0.29, 0.717) is 23.9 Å². The van der Waals surface area contributed by atoms with E-state index in [1.54, 1.807) is 12.1 Å². The number of hydrogen-bond donors (Lipinski definition) is 1. The molecular weight excluding hydrogens is 476 g/mol. The molecule has 0 saturated heterocycles. The zero-order valence-corrected chi connectivity index (χ0v) is 21.1. The number of nitrogens with one attached hydrogen (secondary N) is 1. The van der Waals surface area contributed by atoms with Gasteiger partial charge in [0.05, 0.1) is 10.5 Å². The lowest BCUT2D eigenvalue weighted by Crippen LogP contribution is -2.33. The van der Waals surface area contributed by atoms with Crippen LogP contribution in [-0.2, 0) is 0 Å². The second-order valence-corrected chi connectivity index (χ2v) is 9.55. The third-order valence-electron chi connectivity index (χ3n) is 5.18. The first-order valence-electron chi connectivity index (χ1n) is 10.7. The number of benzene rings is 1. The summed E-state index contributed by atoms with van der Waals surface area (Å²) >= 11 is 8.29. The molecule has 1 N–H and O–H groups in total. The Balaban J connectivity index is 2.11. The van der Waals surface area contributed by atoms with Gasteiger partial charge in [0.15, 0.2) is 16.9 Å². The number of aromatic nitrogens is 2. The number of aliphatic imine (C=N–C) groups is 1. The molecule has 1 atom stereocenters. The topological polar surface area (TPSA) is 112 Å². The van der Waals surface area contributed by atoms with Gasteiger partial charge >= 0.3 is 0 Å². The molecule has 1 aromatic carbocycles. The van der Waals surface area contributed by atoms with Gasteiger partial charge in [0.25, 0.3) is 5.69 Å². The summed E-state index contributed by atoms with van der Waals surface area (Å²) in [5.74, 6) is 1.18. The number of nitro benzene ring substituents is 1. The molecule has 0 amide bonds.